The Kier molecular flexibility index (Phi) is 5.55. The van der Waals surface area contributed by atoms with Crippen LogP contribution in [0.3, 0.4) is 0 Å². The molecule has 1 aromatic carbocycles. The quantitative estimate of drug-likeness (QED) is 0.655. The highest BCUT2D eigenvalue weighted by atomic mass is 79.9. The first-order valence-corrected chi connectivity index (χ1v) is 8.93. The number of benzene rings is 1. The fraction of sp³-hybridized carbons (Fsp3) is 0.235. The molecular formula is C17H17BrClN5O. The van der Waals surface area contributed by atoms with Crippen molar-refractivity contribution in [2.24, 2.45) is 0 Å². The number of anilines is 1. The molecule has 0 unspecified atom stereocenters. The van der Waals surface area contributed by atoms with Gasteiger partial charge in [-0.25, -0.2) is 0 Å². The molecule has 0 saturated heterocycles. The molecule has 0 fully saturated rings. The van der Waals surface area contributed by atoms with Gasteiger partial charge in [-0.1, -0.05) is 23.7 Å². The lowest BCUT2D eigenvalue weighted by Crippen LogP contribution is -2.15. The monoisotopic (exact) mass is 421 g/mol. The summed E-state index contributed by atoms with van der Waals surface area (Å²) < 4.78 is 4.49. The van der Waals surface area contributed by atoms with Crippen LogP contribution in [0.1, 0.15) is 17.7 Å². The molecule has 0 bridgehead atoms. The maximum absolute atomic E-state index is 12.2. The summed E-state index contributed by atoms with van der Waals surface area (Å²) in [6, 6.07) is 7.74. The summed E-state index contributed by atoms with van der Waals surface area (Å²) in [6.07, 6.45) is 5.57. The molecular weight excluding hydrogens is 406 g/mol. The van der Waals surface area contributed by atoms with E-state index in [0.717, 1.165) is 21.4 Å². The van der Waals surface area contributed by atoms with Crippen molar-refractivity contribution in [1.29, 1.82) is 0 Å². The Morgan fingerprint density at radius 3 is 2.84 bits per heavy atom. The predicted octanol–water partition coefficient (Wildman–Crippen LogP) is 3.88. The van der Waals surface area contributed by atoms with Crippen LogP contribution in [-0.2, 0) is 17.9 Å². The first kappa shape index (κ1) is 17.7. The van der Waals surface area contributed by atoms with E-state index in [1.807, 2.05) is 42.1 Å². The zero-order valence-corrected chi connectivity index (χ0v) is 16.0. The fourth-order valence-electron chi connectivity index (χ4n) is 2.44. The van der Waals surface area contributed by atoms with Gasteiger partial charge in [0.2, 0.25) is 5.91 Å². The van der Waals surface area contributed by atoms with Crippen LogP contribution >= 0.6 is 27.5 Å². The van der Waals surface area contributed by atoms with Gasteiger partial charge >= 0.3 is 0 Å². The molecule has 1 N–H and O–H groups in total. The molecule has 3 rings (SSSR count). The molecule has 0 aliphatic carbocycles. The number of aromatic nitrogens is 4. The first-order valence-electron chi connectivity index (χ1n) is 7.76. The molecule has 3 aromatic rings. The Balaban J connectivity index is 1.57. The Morgan fingerprint density at radius 1 is 1.32 bits per heavy atom. The fourth-order valence-corrected chi connectivity index (χ4v) is 2.91. The van der Waals surface area contributed by atoms with Crippen LogP contribution in [-0.4, -0.2) is 25.5 Å². The molecule has 0 spiro atoms. The van der Waals surface area contributed by atoms with Gasteiger partial charge in [0, 0.05) is 18.3 Å². The summed E-state index contributed by atoms with van der Waals surface area (Å²) >= 11 is 9.35. The van der Waals surface area contributed by atoms with E-state index in [-0.39, 0.29) is 5.91 Å². The van der Waals surface area contributed by atoms with Gasteiger partial charge in [-0.2, -0.15) is 10.2 Å². The summed E-state index contributed by atoms with van der Waals surface area (Å²) in [4.78, 5) is 12.2. The van der Waals surface area contributed by atoms with E-state index in [9.17, 15) is 4.79 Å². The number of carbonyl (C=O) groups is 1. The summed E-state index contributed by atoms with van der Waals surface area (Å²) in [5.41, 5.74) is 2.69. The number of aryl methyl sites for hydroxylation is 1. The van der Waals surface area contributed by atoms with E-state index in [0.29, 0.717) is 24.5 Å². The number of hydrogen-bond acceptors (Lipinski definition) is 3. The second-order valence-electron chi connectivity index (χ2n) is 5.66. The lowest BCUT2D eigenvalue weighted by atomic mass is 10.2. The standard InChI is InChI=1S/C17H17BrClN5O/c1-12-16(19)9-21-24(12)6-5-17(25)22-15-4-2-3-13(7-15)10-23-11-14(18)8-20-23/h2-4,7-9,11H,5-6,10H2,1H3,(H,22,25). The molecule has 6 nitrogen and oxygen atoms in total. The van der Waals surface area contributed by atoms with Crippen molar-refractivity contribution in [3.63, 3.8) is 0 Å². The average Bonchev–Trinajstić information content (AvgIpc) is 3.12. The number of nitrogens with zero attached hydrogens (tertiary/aromatic N) is 4. The molecule has 1 amide bonds. The van der Waals surface area contributed by atoms with Crippen molar-refractivity contribution in [2.75, 3.05) is 5.32 Å². The van der Waals surface area contributed by atoms with Crippen LogP contribution in [0.5, 0.6) is 0 Å². The van der Waals surface area contributed by atoms with Gasteiger partial charge in [0.15, 0.2) is 0 Å². The van der Waals surface area contributed by atoms with Crippen LogP contribution < -0.4 is 5.32 Å². The van der Waals surface area contributed by atoms with Crippen molar-refractivity contribution >= 4 is 39.1 Å². The summed E-state index contributed by atoms with van der Waals surface area (Å²) in [7, 11) is 0. The number of hydrogen-bond donors (Lipinski definition) is 1. The topological polar surface area (TPSA) is 64.7 Å². The highest BCUT2D eigenvalue weighted by Crippen LogP contribution is 2.15. The second kappa shape index (κ2) is 7.84. The van der Waals surface area contributed by atoms with E-state index in [1.54, 1.807) is 17.1 Å². The molecule has 25 heavy (non-hydrogen) atoms. The Bertz CT molecular complexity index is 889. The third kappa shape index (κ3) is 4.70. The molecule has 0 saturated carbocycles. The van der Waals surface area contributed by atoms with Gasteiger partial charge in [-0.3, -0.25) is 14.2 Å². The van der Waals surface area contributed by atoms with E-state index >= 15 is 0 Å². The number of rotatable bonds is 6. The molecule has 130 valence electrons. The van der Waals surface area contributed by atoms with E-state index in [1.165, 1.54) is 0 Å². The molecule has 0 aliphatic rings. The lowest BCUT2D eigenvalue weighted by Gasteiger charge is -2.09. The second-order valence-corrected chi connectivity index (χ2v) is 6.98. The Labute approximate surface area is 158 Å². The number of amides is 1. The van der Waals surface area contributed by atoms with Gasteiger partial charge < -0.3 is 5.32 Å². The molecule has 0 atom stereocenters. The maximum Gasteiger partial charge on any atom is 0.226 e. The zero-order valence-electron chi connectivity index (χ0n) is 13.6. The van der Waals surface area contributed by atoms with Crippen LogP contribution in [0.2, 0.25) is 5.02 Å². The van der Waals surface area contributed by atoms with E-state index in [4.69, 9.17) is 11.6 Å². The minimum Gasteiger partial charge on any atom is -0.326 e. The Hall–Kier alpha value is -2.12. The highest BCUT2D eigenvalue weighted by molar-refractivity contribution is 9.10. The largest absolute Gasteiger partial charge is 0.326 e. The third-order valence-electron chi connectivity index (χ3n) is 3.75. The SMILES string of the molecule is Cc1c(Cl)cnn1CCC(=O)Nc1cccc(Cn2cc(Br)cn2)c1. The van der Waals surface area contributed by atoms with Crippen molar-refractivity contribution in [3.05, 3.63) is 63.6 Å². The van der Waals surface area contributed by atoms with Gasteiger partial charge in [0.05, 0.1) is 40.7 Å². The highest BCUT2D eigenvalue weighted by Gasteiger charge is 2.08. The molecule has 2 heterocycles. The third-order valence-corrected chi connectivity index (χ3v) is 4.53. The minimum absolute atomic E-state index is 0.0648. The van der Waals surface area contributed by atoms with Crippen molar-refractivity contribution < 1.29 is 4.79 Å². The van der Waals surface area contributed by atoms with Crippen LogP contribution in [0.15, 0.2) is 47.3 Å². The van der Waals surface area contributed by atoms with Crippen molar-refractivity contribution in [2.45, 2.75) is 26.4 Å². The molecule has 8 heteroatoms. The minimum atomic E-state index is -0.0648. The van der Waals surface area contributed by atoms with Gasteiger partial charge in [-0.05, 0) is 40.5 Å². The summed E-state index contributed by atoms with van der Waals surface area (Å²) in [5, 5.41) is 11.9. The van der Waals surface area contributed by atoms with Gasteiger partial charge in [0.1, 0.15) is 0 Å². The molecule has 2 aromatic heterocycles. The van der Waals surface area contributed by atoms with Crippen LogP contribution in [0, 0.1) is 6.92 Å². The normalized spacial score (nSPS) is 10.8. The maximum atomic E-state index is 12.2. The van der Waals surface area contributed by atoms with Crippen LogP contribution in [0.25, 0.3) is 0 Å². The smallest absolute Gasteiger partial charge is 0.226 e. The first-order chi connectivity index (χ1) is 12.0. The number of nitrogens with one attached hydrogen (secondary N) is 1. The zero-order chi connectivity index (χ0) is 17.8. The van der Waals surface area contributed by atoms with Crippen molar-refractivity contribution in [3.8, 4) is 0 Å². The summed E-state index contributed by atoms with van der Waals surface area (Å²) in [6.45, 7) is 3.01. The molecule has 0 radical (unpaired) electrons. The van der Waals surface area contributed by atoms with E-state index < -0.39 is 0 Å². The lowest BCUT2D eigenvalue weighted by molar-refractivity contribution is -0.116. The predicted molar refractivity (Wildman–Crippen MR) is 101 cm³/mol. The van der Waals surface area contributed by atoms with Crippen LogP contribution in [0.4, 0.5) is 5.69 Å². The molecule has 0 aliphatic heterocycles. The van der Waals surface area contributed by atoms with Gasteiger partial charge in [-0.15, -0.1) is 0 Å². The van der Waals surface area contributed by atoms with E-state index in [2.05, 4.69) is 31.4 Å². The number of halogens is 2. The van der Waals surface area contributed by atoms with Gasteiger partial charge in [0.25, 0.3) is 0 Å². The van der Waals surface area contributed by atoms with Crippen molar-refractivity contribution in [1.82, 2.24) is 19.6 Å². The average molecular weight is 423 g/mol. The number of carbonyl (C=O) groups excluding carboxylic acids is 1. The Morgan fingerprint density at radius 2 is 2.16 bits per heavy atom. The summed E-state index contributed by atoms with van der Waals surface area (Å²) in [5.74, 6) is -0.0648.